The van der Waals surface area contributed by atoms with Gasteiger partial charge in [0, 0.05) is 5.92 Å². The summed E-state index contributed by atoms with van der Waals surface area (Å²) >= 11 is 0. The van der Waals surface area contributed by atoms with Crippen LogP contribution in [0.5, 0.6) is 0 Å². The van der Waals surface area contributed by atoms with Crippen LogP contribution in [0.3, 0.4) is 0 Å². The molecule has 13 heavy (non-hydrogen) atoms. The van der Waals surface area contributed by atoms with Crippen LogP contribution in [0.2, 0.25) is 0 Å². The monoisotopic (exact) mass is 174 g/mol. The molecular weight excluding hydrogens is 160 g/mol. The lowest BCUT2D eigenvalue weighted by atomic mass is 10.1. The Morgan fingerprint density at radius 2 is 1.85 bits per heavy atom. The topological polar surface area (TPSA) is 17.1 Å². The summed E-state index contributed by atoms with van der Waals surface area (Å²) in [5.41, 5.74) is 1.32. The molecule has 1 fully saturated rings. The molecular formula is C12H14O. The number of ketones is 1. The Labute approximate surface area is 78.8 Å². The predicted molar refractivity (Wildman–Crippen MR) is 52.5 cm³/mol. The van der Waals surface area contributed by atoms with Crippen LogP contribution in [-0.4, -0.2) is 5.78 Å². The second kappa shape index (κ2) is 2.99. The van der Waals surface area contributed by atoms with Gasteiger partial charge in [-0.3, -0.25) is 4.79 Å². The van der Waals surface area contributed by atoms with Gasteiger partial charge in [-0.05, 0) is 24.3 Å². The van der Waals surface area contributed by atoms with Crippen LogP contribution in [0.1, 0.15) is 25.3 Å². The van der Waals surface area contributed by atoms with Crippen molar-refractivity contribution in [3.8, 4) is 0 Å². The largest absolute Gasteiger partial charge is 0.300 e. The van der Waals surface area contributed by atoms with Gasteiger partial charge in [-0.25, -0.2) is 0 Å². The van der Waals surface area contributed by atoms with Gasteiger partial charge in [0.25, 0.3) is 0 Å². The van der Waals surface area contributed by atoms with Crippen molar-refractivity contribution in [3.63, 3.8) is 0 Å². The van der Waals surface area contributed by atoms with E-state index in [1.165, 1.54) is 5.56 Å². The molecule has 1 nitrogen and oxygen atoms in total. The molecule has 1 saturated carbocycles. The first-order valence-corrected chi connectivity index (χ1v) is 4.77. The molecule has 0 aliphatic heterocycles. The van der Waals surface area contributed by atoms with Crippen LogP contribution < -0.4 is 0 Å². The Morgan fingerprint density at radius 1 is 1.23 bits per heavy atom. The highest BCUT2D eigenvalue weighted by Crippen LogP contribution is 2.53. The number of carbonyl (C=O) groups is 1. The summed E-state index contributed by atoms with van der Waals surface area (Å²) in [5, 5.41) is 0. The van der Waals surface area contributed by atoms with Gasteiger partial charge < -0.3 is 0 Å². The van der Waals surface area contributed by atoms with Crippen molar-refractivity contribution in [2.45, 2.75) is 19.8 Å². The van der Waals surface area contributed by atoms with Crippen molar-refractivity contribution in [1.82, 2.24) is 0 Å². The molecule has 0 aromatic heterocycles. The maximum absolute atomic E-state index is 11.2. The van der Waals surface area contributed by atoms with Crippen LogP contribution in [0.15, 0.2) is 30.3 Å². The van der Waals surface area contributed by atoms with Crippen molar-refractivity contribution in [2.75, 3.05) is 0 Å². The number of rotatable bonds is 2. The van der Waals surface area contributed by atoms with Crippen LogP contribution in [0.25, 0.3) is 0 Å². The van der Waals surface area contributed by atoms with Crippen molar-refractivity contribution in [1.29, 1.82) is 0 Å². The smallest absolute Gasteiger partial charge is 0.133 e. The number of carbonyl (C=O) groups excluding carboxylic acids is 1. The fraction of sp³-hybridized carbons (Fsp3) is 0.417. The predicted octanol–water partition coefficient (Wildman–Crippen LogP) is 2.63. The zero-order valence-corrected chi connectivity index (χ0v) is 8.03. The SMILES string of the molecule is CC(=O)[C@@H]1[C@@H](C)[C@@H]1c1ccccc1. The van der Waals surface area contributed by atoms with Gasteiger partial charge in [-0.2, -0.15) is 0 Å². The molecule has 0 N–H and O–H groups in total. The third kappa shape index (κ3) is 1.39. The number of Topliss-reactive ketones (excluding diaryl/α,β-unsaturated/α-hetero) is 1. The lowest BCUT2D eigenvalue weighted by Crippen LogP contribution is -1.95. The number of hydrogen-bond donors (Lipinski definition) is 0. The van der Waals surface area contributed by atoms with Crippen LogP contribution >= 0.6 is 0 Å². The highest BCUT2D eigenvalue weighted by molar-refractivity contribution is 5.83. The van der Waals surface area contributed by atoms with E-state index in [2.05, 4.69) is 19.1 Å². The molecule has 0 unspecified atom stereocenters. The lowest BCUT2D eigenvalue weighted by molar-refractivity contribution is -0.118. The van der Waals surface area contributed by atoms with Crippen LogP contribution in [0, 0.1) is 11.8 Å². The quantitative estimate of drug-likeness (QED) is 0.673. The fourth-order valence-electron chi connectivity index (χ4n) is 2.27. The summed E-state index contributed by atoms with van der Waals surface area (Å²) in [6, 6.07) is 10.3. The first kappa shape index (κ1) is 8.49. The van der Waals surface area contributed by atoms with Gasteiger partial charge >= 0.3 is 0 Å². The molecule has 0 radical (unpaired) electrons. The number of hydrogen-bond acceptors (Lipinski definition) is 1. The van der Waals surface area contributed by atoms with E-state index in [1.54, 1.807) is 6.92 Å². The molecule has 0 saturated heterocycles. The van der Waals surface area contributed by atoms with E-state index in [0.29, 0.717) is 17.6 Å². The average molecular weight is 174 g/mol. The molecule has 1 aromatic rings. The first-order valence-electron chi connectivity index (χ1n) is 4.77. The lowest BCUT2D eigenvalue weighted by Gasteiger charge is -1.96. The molecule has 0 bridgehead atoms. The average Bonchev–Trinajstić information content (AvgIpc) is 2.79. The van der Waals surface area contributed by atoms with Gasteiger partial charge in [0.15, 0.2) is 0 Å². The Morgan fingerprint density at radius 3 is 2.31 bits per heavy atom. The summed E-state index contributed by atoms with van der Waals surface area (Å²) in [6.07, 6.45) is 0. The highest BCUT2D eigenvalue weighted by Gasteiger charge is 2.50. The molecule has 1 heteroatoms. The van der Waals surface area contributed by atoms with Gasteiger partial charge in [-0.1, -0.05) is 37.3 Å². The van der Waals surface area contributed by atoms with Crippen molar-refractivity contribution in [2.24, 2.45) is 11.8 Å². The van der Waals surface area contributed by atoms with E-state index in [0.717, 1.165) is 0 Å². The second-order valence-electron chi connectivity index (χ2n) is 3.93. The summed E-state index contributed by atoms with van der Waals surface area (Å²) in [5.74, 6) is 1.64. The zero-order valence-electron chi connectivity index (χ0n) is 8.03. The van der Waals surface area contributed by atoms with Gasteiger partial charge in [0.05, 0.1) is 0 Å². The molecule has 68 valence electrons. The summed E-state index contributed by atoms with van der Waals surface area (Å²) in [6.45, 7) is 3.86. The fourth-order valence-corrected chi connectivity index (χ4v) is 2.27. The standard InChI is InChI=1S/C12H14O/c1-8-11(9(2)13)12(8)10-6-4-3-5-7-10/h3-8,11-12H,1-2H3/t8-,11+,12-/m1/s1. The van der Waals surface area contributed by atoms with E-state index in [4.69, 9.17) is 0 Å². The summed E-state index contributed by atoms with van der Waals surface area (Å²) < 4.78 is 0. The second-order valence-corrected chi connectivity index (χ2v) is 3.93. The van der Waals surface area contributed by atoms with E-state index >= 15 is 0 Å². The highest BCUT2D eigenvalue weighted by atomic mass is 16.1. The van der Waals surface area contributed by atoms with E-state index in [-0.39, 0.29) is 5.92 Å². The normalized spacial score (nSPS) is 31.4. The Balaban J connectivity index is 2.18. The molecule has 1 aromatic carbocycles. The summed E-state index contributed by atoms with van der Waals surface area (Å²) in [7, 11) is 0. The molecule has 2 rings (SSSR count). The Kier molecular flexibility index (Phi) is 1.95. The third-order valence-electron chi connectivity index (χ3n) is 3.03. The molecule has 1 aliphatic rings. The maximum Gasteiger partial charge on any atom is 0.133 e. The van der Waals surface area contributed by atoms with E-state index < -0.39 is 0 Å². The molecule has 0 amide bonds. The minimum absolute atomic E-state index is 0.280. The third-order valence-corrected chi connectivity index (χ3v) is 3.03. The van der Waals surface area contributed by atoms with Crippen molar-refractivity contribution in [3.05, 3.63) is 35.9 Å². The van der Waals surface area contributed by atoms with Gasteiger partial charge in [0.2, 0.25) is 0 Å². The molecule has 0 spiro atoms. The van der Waals surface area contributed by atoms with Crippen LogP contribution in [0.4, 0.5) is 0 Å². The summed E-state index contributed by atoms with van der Waals surface area (Å²) in [4.78, 5) is 11.2. The van der Waals surface area contributed by atoms with Gasteiger partial charge in [0.1, 0.15) is 5.78 Å². The van der Waals surface area contributed by atoms with Crippen molar-refractivity contribution >= 4 is 5.78 Å². The van der Waals surface area contributed by atoms with Gasteiger partial charge in [-0.15, -0.1) is 0 Å². The minimum Gasteiger partial charge on any atom is -0.300 e. The molecule has 3 atom stereocenters. The van der Waals surface area contributed by atoms with Crippen LogP contribution in [-0.2, 0) is 4.79 Å². The minimum atomic E-state index is 0.280. The Hall–Kier alpha value is -1.11. The maximum atomic E-state index is 11.2. The molecule has 1 aliphatic carbocycles. The Bertz CT molecular complexity index is 315. The first-order chi connectivity index (χ1) is 6.22. The molecule has 0 heterocycles. The van der Waals surface area contributed by atoms with E-state index in [1.807, 2.05) is 18.2 Å². The number of benzene rings is 1. The van der Waals surface area contributed by atoms with Crippen molar-refractivity contribution < 1.29 is 4.79 Å². The zero-order chi connectivity index (χ0) is 9.42. The van der Waals surface area contributed by atoms with E-state index in [9.17, 15) is 4.79 Å².